The van der Waals surface area contributed by atoms with Gasteiger partial charge >= 0.3 is 5.97 Å². The molecule has 0 heterocycles. The van der Waals surface area contributed by atoms with Crippen molar-refractivity contribution in [3.8, 4) is 6.07 Å². The maximum absolute atomic E-state index is 12.2. The number of nitrogens with one attached hydrogen (secondary N) is 2. The highest BCUT2D eigenvalue weighted by molar-refractivity contribution is 6.31. The molecule has 0 bridgehead atoms. The number of carbonyl (C=O) groups excluding carboxylic acids is 1. The second kappa shape index (κ2) is 8.70. The van der Waals surface area contributed by atoms with Gasteiger partial charge in [-0.15, -0.1) is 0 Å². The van der Waals surface area contributed by atoms with Gasteiger partial charge in [-0.3, -0.25) is 4.79 Å². The summed E-state index contributed by atoms with van der Waals surface area (Å²) >= 11 is 6.01. The van der Waals surface area contributed by atoms with Crippen LogP contribution in [0.3, 0.4) is 0 Å². The summed E-state index contributed by atoms with van der Waals surface area (Å²) in [5, 5.41) is 24.1. The topological polar surface area (TPSA) is 102 Å². The lowest BCUT2D eigenvalue weighted by Crippen LogP contribution is -2.17. The molecular weight excluding hydrogens is 354 g/mol. The number of hydrogen-bond donors (Lipinski definition) is 3. The third-order valence-corrected chi connectivity index (χ3v) is 4.04. The number of aromatic carboxylic acids is 1. The Kier molecular flexibility index (Phi) is 6.36. The molecule has 26 heavy (non-hydrogen) atoms. The van der Waals surface area contributed by atoms with E-state index in [9.17, 15) is 14.9 Å². The summed E-state index contributed by atoms with van der Waals surface area (Å²) in [6, 6.07) is 13.3. The van der Waals surface area contributed by atoms with E-state index in [4.69, 9.17) is 16.7 Å². The Morgan fingerprint density at radius 2 is 1.92 bits per heavy atom. The van der Waals surface area contributed by atoms with E-state index >= 15 is 0 Å². The Morgan fingerprint density at radius 3 is 2.54 bits per heavy atom. The first-order chi connectivity index (χ1) is 12.4. The number of carboxylic acid groups (broad SMARTS) is 1. The average molecular weight is 370 g/mol. The standard InChI is InChI=1S/C19H16ClN3O3/c1-12-16(20)3-2-4-17(12)23-18(24)15(9-21)11-22-10-13-5-7-14(8-6-13)19(25)26/h2-8,11,22H,10H2,1H3,(H,23,24)(H,25,26)/b15-11-. The predicted octanol–water partition coefficient (Wildman–Crippen LogP) is 3.48. The number of benzene rings is 2. The van der Waals surface area contributed by atoms with Crippen LogP contribution in [-0.4, -0.2) is 17.0 Å². The molecule has 132 valence electrons. The van der Waals surface area contributed by atoms with Gasteiger partial charge in [-0.05, 0) is 42.3 Å². The Hall–Kier alpha value is -3.30. The number of anilines is 1. The summed E-state index contributed by atoms with van der Waals surface area (Å²) in [5.74, 6) is -1.55. The van der Waals surface area contributed by atoms with Gasteiger partial charge in [-0.2, -0.15) is 5.26 Å². The Morgan fingerprint density at radius 1 is 1.23 bits per heavy atom. The minimum absolute atomic E-state index is 0.0912. The molecule has 7 heteroatoms. The van der Waals surface area contributed by atoms with Crippen molar-refractivity contribution >= 4 is 29.2 Å². The van der Waals surface area contributed by atoms with Crippen LogP contribution in [0, 0.1) is 18.3 Å². The van der Waals surface area contributed by atoms with E-state index < -0.39 is 11.9 Å². The van der Waals surface area contributed by atoms with E-state index in [1.807, 2.05) is 6.07 Å². The van der Waals surface area contributed by atoms with E-state index in [0.29, 0.717) is 22.8 Å². The van der Waals surface area contributed by atoms with Gasteiger partial charge in [0.1, 0.15) is 11.6 Å². The lowest BCUT2D eigenvalue weighted by atomic mass is 10.1. The number of carboxylic acids is 1. The largest absolute Gasteiger partial charge is 0.478 e. The number of nitrogens with zero attached hydrogens (tertiary/aromatic N) is 1. The third-order valence-electron chi connectivity index (χ3n) is 3.63. The van der Waals surface area contributed by atoms with E-state index in [1.165, 1.54) is 18.3 Å². The third kappa shape index (κ3) is 4.85. The summed E-state index contributed by atoms with van der Waals surface area (Å²) in [4.78, 5) is 23.0. The molecule has 0 unspecified atom stereocenters. The quantitative estimate of drug-likeness (QED) is 0.534. The van der Waals surface area contributed by atoms with Crippen LogP contribution in [0.5, 0.6) is 0 Å². The molecule has 0 aliphatic carbocycles. The van der Waals surface area contributed by atoms with E-state index in [2.05, 4.69) is 10.6 Å². The highest BCUT2D eigenvalue weighted by Crippen LogP contribution is 2.23. The van der Waals surface area contributed by atoms with Gasteiger partial charge in [-0.1, -0.05) is 29.8 Å². The Balaban J connectivity index is 2.00. The van der Waals surface area contributed by atoms with Crippen molar-refractivity contribution in [2.75, 3.05) is 5.32 Å². The summed E-state index contributed by atoms with van der Waals surface area (Å²) in [5.41, 5.74) is 2.17. The van der Waals surface area contributed by atoms with Gasteiger partial charge < -0.3 is 15.7 Å². The molecule has 0 aromatic heterocycles. The lowest BCUT2D eigenvalue weighted by molar-refractivity contribution is -0.112. The molecule has 0 aliphatic rings. The monoisotopic (exact) mass is 369 g/mol. The fraction of sp³-hybridized carbons (Fsp3) is 0.105. The van der Waals surface area contributed by atoms with Crippen LogP contribution in [0.25, 0.3) is 0 Å². The van der Waals surface area contributed by atoms with Crippen molar-refractivity contribution in [1.82, 2.24) is 5.32 Å². The van der Waals surface area contributed by atoms with Crippen molar-refractivity contribution in [3.05, 3.63) is 76.0 Å². The number of nitriles is 1. The molecule has 0 atom stereocenters. The van der Waals surface area contributed by atoms with Gasteiger partial charge in [0.2, 0.25) is 0 Å². The van der Waals surface area contributed by atoms with Crippen LogP contribution in [0.2, 0.25) is 5.02 Å². The van der Waals surface area contributed by atoms with Crippen molar-refractivity contribution < 1.29 is 14.7 Å². The van der Waals surface area contributed by atoms with Crippen LogP contribution in [0.4, 0.5) is 5.69 Å². The van der Waals surface area contributed by atoms with Gasteiger partial charge in [-0.25, -0.2) is 4.79 Å². The van der Waals surface area contributed by atoms with Gasteiger partial charge in [0.05, 0.1) is 5.56 Å². The zero-order valence-electron chi connectivity index (χ0n) is 13.9. The van der Waals surface area contributed by atoms with Crippen LogP contribution < -0.4 is 10.6 Å². The molecule has 0 saturated heterocycles. The molecule has 2 rings (SSSR count). The highest BCUT2D eigenvalue weighted by Gasteiger charge is 2.11. The zero-order chi connectivity index (χ0) is 19.1. The SMILES string of the molecule is Cc1c(Cl)cccc1NC(=O)/C(C#N)=C\NCc1ccc(C(=O)O)cc1. The minimum atomic E-state index is -0.996. The maximum Gasteiger partial charge on any atom is 0.335 e. The van der Waals surface area contributed by atoms with Gasteiger partial charge in [0.15, 0.2) is 0 Å². The first-order valence-corrected chi connectivity index (χ1v) is 8.02. The molecule has 0 spiro atoms. The van der Waals surface area contributed by atoms with Crippen molar-refractivity contribution in [2.45, 2.75) is 13.5 Å². The fourth-order valence-electron chi connectivity index (χ4n) is 2.12. The lowest BCUT2D eigenvalue weighted by Gasteiger charge is -2.09. The van der Waals surface area contributed by atoms with Crippen LogP contribution in [0.15, 0.2) is 54.2 Å². The van der Waals surface area contributed by atoms with Crippen LogP contribution in [-0.2, 0) is 11.3 Å². The molecule has 2 aromatic rings. The first-order valence-electron chi connectivity index (χ1n) is 7.64. The minimum Gasteiger partial charge on any atom is -0.478 e. The number of rotatable bonds is 6. The molecule has 3 N–H and O–H groups in total. The second-order valence-corrected chi connectivity index (χ2v) is 5.83. The Labute approximate surface area is 155 Å². The Bertz CT molecular complexity index is 899. The van der Waals surface area contributed by atoms with Crippen LogP contribution >= 0.6 is 11.6 Å². The van der Waals surface area contributed by atoms with Crippen molar-refractivity contribution in [3.63, 3.8) is 0 Å². The number of hydrogen-bond acceptors (Lipinski definition) is 4. The van der Waals surface area contributed by atoms with Crippen molar-refractivity contribution in [1.29, 1.82) is 5.26 Å². The number of amides is 1. The molecule has 2 aromatic carbocycles. The predicted molar refractivity (Wildman–Crippen MR) is 98.8 cm³/mol. The number of halogens is 1. The molecule has 0 saturated carbocycles. The molecule has 0 radical (unpaired) electrons. The summed E-state index contributed by atoms with van der Waals surface area (Å²) in [6.45, 7) is 2.11. The zero-order valence-corrected chi connectivity index (χ0v) is 14.7. The fourth-order valence-corrected chi connectivity index (χ4v) is 2.29. The van der Waals surface area contributed by atoms with Gasteiger partial charge in [0.25, 0.3) is 5.91 Å². The van der Waals surface area contributed by atoms with E-state index in [0.717, 1.165) is 5.56 Å². The van der Waals surface area contributed by atoms with Crippen molar-refractivity contribution in [2.24, 2.45) is 0 Å². The molecule has 0 fully saturated rings. The highest BCUT2D eigenvalue weighted by atomic mass is 35.5. The van der Waals surface area contributed by atoms with Gasteiger partial charge in [0, 0.05) is 23.5 Å². The molecule has 0 aliphatic heterocycles. The average Bonchev–Trinajstić information content (AvgIpc) is 2.63. The maximum atomic E-state index is 12.2. The molecule has 1 amide bonds. The summed E-state index contributed by atoms with van der Waals surface area (Å²) in [6.07, 6.45) is 1.32. The molecule has 6 nitrogen and oxygen atoms in total. The summed E-state index contributed by atoms with van der Waals surface area (Å²) in [7, 11) is 0. The number of carbonyl (C=O) groups is 2. The molecular formula is C19H16ClN3O3. The first kappa shape index (κ1) is 19.0. The van der Waals surface area contributed by atoms with E-state index in [-0.39, 0.29) is 11.1 Å². The summed E-state index contributed by atoms with van der Waals surface area (Å²) < 4.78 is 0. The normalized spacial score (nSPS) is 10.7. The van der Waals surface area contributed by atoms with Crippen LogP contribution in [0.1, 0.15) is 21.5 Å². The smallest absolute Gasteiger partial charge is 0.335 e. The second-order valence-electron chi connectivity index (χ2n) is 5.42. The van der Waals surface area contributed by atoms with E-state index in [1.54, 1.807) is 37.3 Å².